The van der Waals surface area contributed by atoms with Gasteiger partial charge >= 0.3 is 0 Å². The predicted octanol–water partition coefficient (Wildman–Crippen LogP) is 1.70. The van der Waals surface area contributed by atoms with Crippen LogP contribution in [0.3, 0.4) is 0 Å². The second-order valence-corrected chi connectivity index (χ2v) is 2.04. The molecule has 1 atom stereocenters. The highest BCUT2D eigenvalue weighted by atomic mass is 15.1. The molecule has 1 N–H and O–H groups in total. The first-order chi connectivity index (χ1) is 4.34. The van der Waals surface area contributed by atoms with Crippen LogP contribution in [0.5, 0.6) is 0 Å². The molecule has 0 aromatic carbocycles. The fourth-order valence-electron chi connectivity index (χ4n) is 0.647. The van der Waals surface area contributed by atoms with E-state index in [2.05, 4.69) is 23.7 Å². The van der Waals surface area contributed by atoms with Gasteiger partial charge in [0.2, 0.25) is 0 Å². The van der Waals surface area contributed by atoms with Gasteiger partial charge in [0.1, 0.15) is 0 Å². The molecule has 0 saturated carbocycles. The summed E-state index contributed by atoms with van der Waals surface area (Å²) in [7, 11) is 0. The highest BCUT2D eigenvalue weighted by Gasteiger charge is 1.98. The first-order valence-electron chi connectivity index (χ1n) is 2.96. The van der Waals surface area contributed by atoms with Crippen LogP contribution < -0.4 is 0 Å². The fraction of sp³-hybridized carbons (Fsp3) is 0.286. The van der Waals surface area contributed by atoms with Crippen molar-refractivity contribution >= 4 is 0 Å². The number of nitrogens with zero attached hydrogens (tertiary/aromatic N) is 1. The molecule has 1 unspecified atom stereocenters. The summed E-state index contributed by atoms with van der Waals surface area (Å²) in [5, 5.41) is 6.68. The van der Waals surface area contributed by atoms with Crippen LogP contribution in [-0.4, -0.2) is 10.2 Å². The Bertz CT molecular complexity index is 177. The molecule has 0 spiro atoms. The van der Waals surface area contributed by atoms with Gasteiger partial charge in [-0.05, 0) is 6.07 Å². The van der Waals surface area contributed by atoms with Crippen molar-refractivity contribution in [2.45, 2.75) is 12.8 Å². The molecule has 1 aromatic rings. The van der Waals surface area contributed by atoms with Crippen LogP contribution >= 0.6 is 0 Å². The summed E-state index contributed by atoms with van der Waals surface area (Å²) < 4.78 is 0. The molecular formula is C7H10N2. The summed E-state index contributed by atoms with van der Waals surface area (Å²) >= 11 is 0. The number of aromatic nitrogens is 2. The van der Waals surface area contributed by atoms with E-state index in [1.54, 1.807) is 6.20 Å². The minimum atomic E-state index is 0.382. The summed E-state index contributed by atoms with van der Waals surface area (Å²) in [6.45, 7) is 5.74. The van der Waals surface area contributed by atoms with Crippen LogP contribution in [0, 0.1) is 0 Å². The maximum absolute atomic E-state index is 3.82. The Kier molecular flexibility index (Phi) is 1.68. The van der Waals surface area contributed by atoms with E-state index in [-0.39, 0.29) is 0 Å². The van der Waals surface area contributed by atoms with E-state index in [0.717, 1.165) is 5.69 Å². The second-order valence-electron chi connectivity index (χ2n) is 2.04. The van der Waals surface area contributed by atoms with E-state index in [0.29, 0.717) is 5.92 Å². The van der Waals surface area contributed by atoms with Crippen molar-refractivity contribution in [2.75, 3.05) is 0 Å². The fourth-order valence-corrected chi connectivity index (χ4v) is 0.647. The van der Waals surface area contributed by atoms with E-state index >= 15 is 0 Å². The van der Waals surface area contributed by atoms with Gasteiger partial charge in [0.15, 0.2) is 0 Å². The molecular weight excluding hydrogens is 112 g/mol. The normalized spacial score (nSPS) is 13.0. The van der Waals surface area contributed by atoms with E-state index in [1.807, 2.05) is 12.1 Å². The van der Waals surface area contributed by atoms with E-state index in [9.17, 15) is 0 Å². The third-order valence-corrected chi connectivity index (χ3v) is 1.37. The number of aromatic amines is 1. The third-order valence-electron chi connectivity index (χ3n) is 1.37. The van der Waals surface area contributed by atoms with Gasteiger partial charge in [-0.2, -0.15) is 5.10 Å². The standard InChI is InChI=1S/C7H10N2/c1-3-6(2)7-4-5-8-9-7/h3-6H,1H2,2H3,(H,8,9). The number of hydrogen-bond acceptors (Lipinski definition) is 1. The predicted molar refractivity (Wildman–Crippen MR) is 37.2 cm³/mol. The van der Waals surface area contributed by atoms with E-state index in [4.69, 9.17) is 0 Å². The Labute approximate surface area is 54.6 Å². The van der Waals surface area contributed by atoms with Crippen molar-refractivity contribution in [3.8, 4) is 0 Å². The molecule has 0 fully saturated rings. The zero-order valence-electron chi connectivity index (χ0n) is 5.46. The molecule has 2 heteroatoms. The lowest BCUT2D eigenvalue weighted by molar-refractivity contribution is 0.885. The van der Waals surface area contributed by atoms with Crippen molar-refractivity contribution in [3.63, 3.8) is 0 Å². The lowest BCUT2D eigenvalue weighted by Gasteiger charge is -1.98. The smallest absolute Gasteiger partial charge is 0.0490 e. The van der Waals surface area contributed by atoms with Crippen LogP contribution in [-0.2, 0) is 0 Å². The topological polar surface area (TPSA) is 28.7 Å². The van der Waals surface area contributed by atoms with Gasteiger partial charge in [0.25, 0.3) is 0 Å². The Morgan fingerprint density at radius 3 is 3.11 bits per heavy atom. The lowest BCUT2D eigenvalue weighted by Crippen LogP contribution is -1.87. The van der Waals surface area contributed by atoms with Gasteiger partial charge in [-0.3, -0.25) is 5.10 Å². The Balaban J connectivity index is 2.76. The van der Waals surface area contributed by atoms with Crippen molar-refractivity contribution in [2.24, 2.45) is 0 Å². The number of nitrogens with one attached hydrogen (secondary N) is 1. The molecule has 0 aliphatic carbocycles. The first-order valence-corrected chi connectivity index (χ1v) is 2.96. The molecule has 0 aliphatic heterocycles. The molecule has 0 bridgehead atoms. The highest BCUT2D eigenvalue weighted by molar-refractivity contribution is 5.09. The molecule has 0 aliphatic rings. The zero-order valence-corrected chi connectivity index (χ0v) is 5.46. The van der Waals surface area contributed by atoms with Crippen molar-refractivity contribution in [1.29, 1.82) is 0 Å². The highest BCUT2D eigenvalue weighted by Crippen LogP contribution is 2.10. The van der Waals surface area contributed by atoms with Crippen molar-refractivity contribution in [1.82, 2.24) is 10.2 Å². The molecule has 48 valence electrons. The van der Waals surface area contributed by atoms with Gasteiger partial charge in [0.05, 0.1) is 0 Å². The van der Waals surface area contributed by atoms with Crippen LogP contribution in [0.25, 0.3) is 0 Å². The number of hydrogen-bond donors (Lipinski definition) is 1. The quantitative estimate of drug-likeness (QED) is 0.594. The minimum absolute atomic E-state index is 0.382. The van der Waals surface area contributed by atoms with E-state index < -0.39 is 0 Å². The molecule has 1 heterocycles. The minimum Gasteiger partial charge on any atom is -0.282 e. The van der Waals surface area contributed by atoms with Gasteiger partial charge in [0, 0.05) is 17.8 Å². The summed E-state index contributed by atoms with van der Waals surface area (Å²) in [5.41, 5.74) is 1.12. The summed E-state index contributed by atoms with van der Waals surface area (Å²) in [5.74, 6) is 0.382. The van der Waals surface area contributed by atoms with Gasteiger partial charge < -0.3 is 0 Å². The average molecular weight is 122 g/mol. The average Bonchev–Trinajstić information content (AvgIpc) is 2.37. The maximum Gasteiger partial charge on any atom is 0.0490 e. The summed E-state index contributed by atoms with van der Waals surface area (Å²) in [6, 6.07) is 1.95. The Hall–Kier alpha value is -1.05. The molecule has 9 heavy (non-hydrogen) atoms. The van der Waals surface area contributed by atoms with Crippen molar-refractivity contribution in [3.05, 3.63) is 30.6 Å². The Morgan fingerprint density at radius 1 is 1.89 bits per heavy atom. The van der Waals surface area contributed by atoms with Gasteiger partial charge in [-0.15, -0.1) is 6.58 Å². The summed E-state index contributed by atoms with van der Waals surface area (Å²) in [4.78, 5) is 0. The second kappa shape index (κ2) is 2.49. The maximum atomic E-state index is 3.82. The van der Waals surface area contributed by atoms with Crippen LogP contribution in [0.2, 0.25) is 0 Å². The molecule has 1 rings (SSSR count). The molecule has 0 saturated heterocycles. The SMILES string of the molecule is C=CC(C)c1ccn[nH]1. The van der Waals surface area contributed by atoms with Crippen LogP contribution in [0.4, 0.5) is 0 Å². The molecule has 0 radical (unpaired) electrons. The molecule has 2 nitrogen and oxygen atoms in total. The molecule has 0 amide bonds. The zero-order chi connectivity index (χ0) is 6.69. The first kappa shape index (κ1) is 6.08. The van der Waals surface area contributed by atoms with E-state index in [1.165, 1.54) is 0 Å². The van der Waals surface area contributed by atoms with Gasteiger partial charge in [-0.1, -0.05) is 13.0 Å². The third kappa shape index (κ3) is 1.19. The number of H-pyrrole nitrogens is 1. The summed E-state index contributed by atoms with van der Waals surface area (Å²) in [6.07, 6.45) is 3.63. The van der Waals surface area contributed by atoms with Gasteiger partial charge in [-0.25, -0.2) is 0 Å². The molecule has 1 aromatic heterocycles. The Morgan fingerprint density at radius 2 is 2.67 bits per heavy atom. The van der Waals surface area contributed by atoms with Crippen molar-refractivity contribution < 1.29 is 0 Å². The largest absolute Gasteiger partial charge is 0.282 e. The van der Waals surface area contributed by atoms with Crippen LogP contribution in [0.1, 0.15) is 18.5 Å². The number of rotatable bonds is 2. The monoisotopic (exact) mass is 122 g/mol. The van der Waals surface area contributed by atoms with Crippen LogP contribution in [0.15, 0.2) is 24.9 Å². The number of allylic oxidation sites excluding steroid dienone is 1. The lowest BCUT2D eigenvalue weighted by atomic mass is 10.1.